The Labute approximate surface area is 107 Å². The van der Waals surface area contributed by atoms with Gasteiger partial charge in [-0.1, -0.05) is 6.92 Å². The van der Waals surface area contributed by atoms with Crippen molar-refractivity contribution >= 4 is 11.3 Å². The van der Waals surface area contributed by atoms with Crippen molar-refractivity contribution in [3.63, 3.8) is 0 Å². The van der Waals surface area contributed by atoms with E-state index in [1.807, 2.05) is 12.4 Å². The second-order valence-electron chi connectivity index (χ2n) is 4.21. The van der Waals surface area contributed by atoms with E-state index in [0.29, 0.717) is 0 Å². The van der Waals surface area contributed by atoms with E-state index in [9.17, 15) is 0 Å². The molecule has 0 fully saturated rings. The highest BCUT2D eigenvalue weighted by Crippen LogP contribution is 2.27. The molecule has 1 atom stereocenters. The summed E-state index contributed by atoms with van der Waals surface area (Å²) in [5.74, 6) is 0. The molecule has 0 aromatic carbocycles. The molecule has 0 spiro atoms. The zero-order valence-corrected chi connectivity index (χ0v) is 11.3. The Balaban J connectivity index is 2.39. The summed E-state index contributed by atoms with van der Waals surface area (Å²) in [4.78, 5) is 5.60. The maximum atomic E-state index is 4.24. The van der Waals surface area contributed by atoms with Gasteiger partial charge in [-0.05, 0) is 54.6 Å². The molecule has 0 aliphatic heterocycles. The number of thiophene rings is 1. The third-order valence-corrected chi connectivity index (χ3v) is 3.76. The van der Waals surface area contributed by atoms with Gasteiger partial charge in [0.15, 0.2) is 0 Å². The molecule has 2 nitrogen and oxygen atoms in total. The minimum absolute atomic E-state index is 0.263. The second-order valence-corrected chi connectivity index (χ2v) is 5.33. The van der Waals surface area contributed by atoms with Gasteiger partial charge in [-0.15, -0.1) is 11.3 Å². The average molecular weight is 246 g/mol. The van der Waals surface area contributed by atoms with Gasteiger partial charge in [0.2, 0.25) is 0 Å². The van der Waals surface area contributed by atoms with Crippen molar-refractivity contribution in [2.75, 3.05) is 6.54 Å². The quantitative estimate of drug-likeness (QED) is 0.893. The van der Waals surface area contributed by atoms with Crippen LogP contribution in [0, 0.1) is 13.8 Å². The summed E-state index contributed by atoms with van der Waals surface area (Å²) in [6.45, 7) is 7.37. The van der Waals surface area contributed by atoms with Gasteiger partial charge < -0.3 is 5.32 Å². The number of hydrogen-bond donors (Lipinski definition) is 1. The fourth-order valence-corrected chi connectivity index (χ4v) is 2.74. The number of nitrogens with one attached hydrogen (secondary N) is 1. The fourth-order valence-electron chi connectivity index (χ4n) is 2.01. The molecule has 17 heavy (non-hydrogen) atoms. The molecule has 3 heteroatoms. The number of aryl methyl sites for hydroxylation is 2. The number of nitrogens with zero attached hydrogens (tertiary/aromatic N) is 1. The van der Waals surface area contributed by atoms with E-state index in [2.05, 4.69) is 48.6 Å². The van der Waals surface area contributed by atoms with Crippen LogP contribution in [0.2, 0.25) is 0 Å². The molecule has 0 saturated heterocycles. The molecule has 0 aliphatic rings. The smallest absolute Gasteiger partial charge is 0.0602 e. The van der Waals surface area contributed by atoms with Crippen molar-refractivity contribution in [1.82, 2.24) is 10.3 Å². The van der Waals surface area contributed by atoms with Gasteiger partial charge in [0, 0.05) is 17.3 Å². The Kier molecular flexibility index (Phi) is 3.92. The fraction of sp³-hybridized carbons (Fsp3) is 0.357. The topological polar surface area (TPSA) is 24.9 Å². The Bertz CT molecular complexity index is 490. The minimum Gasteiger partial charge on any atom is -0.306 e. The maximum Gasteiger partial charge on any atom is 0.0602 e. The second kappa shape index (κ2) is 5.43. The standard InChI is InChI=1S/C14H18N2S/c1-4-16-14(12-7-11(3)17-9-12)13-8-15-6-5-10(13)2/h5-9,14,16H,4H2,1-3H3. The van der Waals surface area contributed by atoms with Crippen LogP contribution in [0.1, 0.15) is 34.5 Å². The van der Waals surface area contributed by atoms with Crippen LogP contribution in [0.3, 0.4) is 0 Å². The van der Waals surface area contributed by atoms with Crippen LogP contribution in [-0.4, -0.2) is 11.5 Å². The van der Waals surface area contributed by atoms with Crippen molar-refractivity contribution in [2.45, 2.75) is 26.8 Å². The Morgan fingerprint density at radius 3 is 2.82 bits per heavy atom. The molecule has 0 amide bonds. The zero-order valence-electron chi connectivity index (χ0n) is 10.5. The predicted molar refractivity (Wildman–Crippen MR) is 73.5 cm³/mol. The molecule has 0 radical (unpaired) electrons. The van der Waals surface area contributed by atoms with E-state index in [1.165, 1.54) is 21.6 Å². The van der Waals surface area contributed by atoms with Gasteiger partial charge in [-0.25, -0.2) is 0 Å². The largest absolute Gasteiger partial charge is 0.306 e. The van der Waals surface area contributed by atoms with Crippen molar-refractivity contribution < 1.29 is 0 Å². The first kappa shape index (κ1) is 12.3. The van der Waals surface area contributed by atoms with Crippen molar-refractivity contribution in [3.8, 4) is 0 Å². The highest BCUT2D eigenvalue weighted by molar-refractivity contribution is 7.10. The van der Waals surface area contributed by atoms with Gasteiger partial charge in [0.05, 0.1) is 6.04 Å². The highest BCUT2D eigenvalue weighted by atomic mass is 32.1. The van der Waals surface area contributed by atoms with Crippen LogP contribution in [0.15, 0.2) is 29.9 Å². The molecule has 2 rings (SSSR count). The third-order valence-electron chi connectivity index (χ3n) is 2.88. The summed E-state index contributed by atoms with van der Waals surface area (Å²) in [5, 5.41) is 5.77. The van der Waals surface area contributed by atoms with E-state index in [1.54, 1.807) is 11.3 Å². The molecular weight excluding hydrogens is 228 g/mol. The van der Waals surface area contributed by atoms with E-state index in [4.69, 9.17) is 0 Å². The lowest BCUT2D eigenvalue weighted by Crippen LogP contribution is -2.22. The highest BCUT2D eigenvalue weighted by Gasteiger charge is 2.16. The number of aromatic nitrogens is 1. The molecule has 0 aliphatic carbocycles. The molecule has 0 bridgehead atoms. The van der Waals surface area contributed by atoms with Gasteiger partial charge in [-0.2, -0.15) is 0 Å². The van der Waals surface area contributed by atoms with Crippen LogP contribution >= 0.6 is 11.3 Å². The lowest BCUT2D eigenvalue weighted by Gasteiger charge is -2.18. The Morgan fingerprint density at radius 1 is 1.41 bits per heavy atom. The first-order valence-electron chi connectivity index (χ1n) is 5.91. The van der Waals surface area contributed by atoms with Crippen LogP contribution in [-0.2, 0) is 0 Å². The third kappa shape index (κ3) is 2.73. The van der Waals surface area contributed by atoms with Crippen LogP contribution in [0.25, 0.3) is 0 Å². The summed E-state index contributed by atoms with van der Waals surface area (Å²) in [5.41, 5.74) is 3.90. The Morgan fingerprint density at radius 2 is 2.24 bits per heavy atom. The summed E-state index contributed by atoms with van der Waals surface area (Å²) < 4.78 is 0. The number of pyridine rings is 1. The van der Waals surface area contributed by atoms with Gasteiger partial charge in [0.1, 0.15) is 0 Å². The van der Waals surface area contributed by atoms with Crippen molar-refractivity contribution in [2.24, 2.45) is 0 Å². The lowest BCUT2D eigenvalue weighted by molar-refractivity contribution is 0.627. The molecular formula is C14H18N2S. The van der Waals surface area contributed by atoms with Crippen molar-refractivity contribution in [3.05, 3.63) is 51.5 Å². The monoisotopic (exact) mass is 246 g/mol. The van der Waals surface area contributed by atoms with Crippen LogP contribution in [0.4, 0.5) is 0 Å². The summed E-state index contributed by atoms with van der Waals surface area (Å²) in [6, 6.07) is 4.59. The Hall–Kier alpha value is -1.19. The SMILES string of the molecule is CCNC(c1csc(C)c1)c1cnccc1C. The molecule has 2 aromatic rings. The minimum atomic E-state index is 0.263. The summed E-state index contributed by atoms with van der Waals surface area (Å²) in [6.07, 6.45) is 3.82. The number of hydrogen-bond acceptors (Lipinski definition) is 3. The van der Waals surface area contributed by atoms with Gasteiger partial charge in [-0.3, -0.25) is 4.98 Å². The normalized spacial score (nSPS) is 12.6. The van der Waals surface area contributed by atoms with E-state index < -0.39 is 0 Å². The number of rotatable bonds is 4. The van der Waals surface area contributed by atoms with E-state index >= 15 is 0 Å². The van der Waals surface area contributed by atoms with Gasteiger partial charge in [0.25, 0.3) is 0 Å². The van der Waals surface area contributed by atoms with E-state index in [-0.39, 0.29) is 6.04 Å². The lowest BCUT2D eigenvalue weighted by atomic mass is 9.99. The first-order valence-corrected chi connectivity index (χ1v) is 6.79. The van der Waals surface area contributed by atoms with Crippen LogP contribution < -0.4 is 5.32 Å². The predicted octanol–water partition coefficient (Wildman–Crippen LogP) is 3.46. The van der Waals surface area contributed by atoms with Crippen LogP contribution in [0.5, 0.6) is 0 Å². The van der Waals surface area contributed by atoms with Gasteiger partial charge >= 0.3 is 0 Å². The van der Waals surface area contributed by atoms with Crippen molar-refractivity contribution in [1.29, 1.82) is 0 Å². The molecule has 2 heterocycles. The summed E-state index contributed by atoms with van der Waals surface area (Å²) >= 11 is 1.80. The molecule has 0 saturated carbocycles. The molecule has 1 N–H and O–H groups in total. The molecule has 90 valence electrons. The summed E-state index contributed by atoms with van der Waals surface area (Å²) in [7, 11) is 0. The molecule has 1 unspecified atom stereocenters. The maximum absolute atomic E-state index is 4.24. The molecule has 2 aromatic heterocycles. The average Bonchev–Trinajstić information content (AvgIpc) is 2.74. The zero-order chi connectivity index (χ0) is 12.3. The van der Waals surface area contributed by atoms with E-state index in [0.717, 1.165) is 6.54 Å². The first-order chi connectivity index (χ1) is 8.22.